The van der Waals surface area contributed by atoms with E-state index in [0.29, 0.717) is 18.1 Å². The molecule has 1 amide bonds. The number of anilines is 1. The lowest BCUT2D eigenvalue weighted by Gasteiger charge is -2.24. The van der Waals surface area contributed by atoms with E-state index >= 15 is 0 Å². The molecule has 0 aliphatic carbocycles. The standard InChI is InChI=1S/C18H20ClFN2O2S/c19-13-5-6-17(16(20)9-13)21-18(23)12-22(10-14-3-1-7-24-14)11-15-4-2-8-25-15/h2,4-6,8-9,14H,1,3,7,10-12H2,(H,21,23)/t14-/m0/s1. The molecule has 1 aromatic carbocycles. The molecule has 25 heavy (non-hydrogen) atoms. The number of hydrogen-bond donors (Lipinski definition) is 1. The molecule has 1 N–H and O–H groups in total. The molecule has 3 rings (SSSR count). The average Bonchev–Trinajstić information content (AvgIpc) is 3.24. The lowest BCUT2D eigenvalue weighted by atomic mass is 10.2. The second kappa shape index (κ2) is 8.76. The number of hydrogen-bond acceptors (Lipinski definition) is 4. The summed E-state index contributed by atoms with van der Waals surface area (Å²) in [4.78, 5) is 15.6. The highest BCUT2D eigenvalue weighted by molar-refractivity contribution is 7.09. The van der Waals surface area contributed by atoms with E-state index in [9.17, 15) is 9.18 Å². The summed E-state index contributed by atoms with van der Waals surface area (Å²) >= 11 is 7.39. The predicted molar refractivity (Wildman–Crippen MR) is 98.6 cm³/mol. The van der Waals surface area contributed by atoms with Crippen LogP contribution < -0.4 is 5.32 Å². The van der Waals surface area contributed by atoms with Crippen molar-refractivity contribution in [3.05, 3.63) is 51.4 Å². The highest BCUT2D eigenvalue weighted by Gasteiger charge is 2.21. The van der Waals surface area contributed by atoms with Crippen LogP contribution in [0, 0.1) is 5.82 Å². The number of carbonyl (C=O) groups excluding carboxylic acids is 1. The molecule has 1 saturated heterocycles. The number of thiophene rings is 1. The van der Waals surface area contributed by atoms with Crippen LogP contribution >= 0.6 is 22.9 Å². The molecule has 1 atom stereocenters. The third kappa shape index (κ3) is 5.51. The van der Waals surface area contributed by atoms with Crippen molar-refractivity contribution in [2.24, 2.45) is 0 Å². The lowest BCUT2D eigenvalue weighted by Crippen LogP contribution is -2.37. The van der Waals surface area contributed by atoms with Gasteiger partial charge in [0.25, 0.3) is 0 Å². The average molecular weight is 383 g/mol. The van der Waals surface area contributed by atoms with Gasteiger partial charge in [0, 0.05) is 29.6 Å². The van der Waals surface area contributed by atoms with Crippen molar-refractivity contribution in [2.75, 3.05) is 25.0 Å². The molecule has 0 radical (unpaired) electrons. The molecule has 1 aromatic heterocycles. The van der Waals surface area contributed by atoms with Crippen LogP contribution in [0.3, 0.4) is 0 Å². The van der Waals surface area contributed by atoms with E-state index in [-0.39, 0.29) is 24.2 Å². The van der Waals surface area contributed by atoms with E-state index in [1.807, 2.05) is 22.4 Å². The minimum absolute atomic E-state index is 0.141. The van der Waals surface area contributed by atoms with E-state index < -0.39 is 5.82 Å². The number of halogens is 2. The van der Waals surface area contributed by atoms with E-state index in [2.05, 4.69) is 5.32 Å². The monoisotopic (exact) mass is 382 g/mol. The maximum Gasteiger partial charge on any atom is 0.238 e. The molecule has 0 saturated carbocycles. The van der Waals surface area contributed by atoms with Gasteiger partial charge in [-0.05, 0) is 42.5 Å². The summed E-state index contributed by atoms with van der Waals surface area (Å²) in [6, 6.07) is 8.25. The first-order valence-electron chi connectivity index (χ1n) is 8.21. The number of ether oxygens (including phenoxy) is 1. The summed E-state index contributed by atoms with van der Waals surface area (Å²) in [5.41, 5.74) is 0.141. The topological polar surface area (TPSA) is 41.6 Å². The molecule has 1 fully saturated rings. The SMILES string of the molecule is O=C(CN(Cc1cccs1)C[C@@H]1CCCO1)Nc1ccc(Cl)cc1F. The van der Waals surface area contributed by atoms with Gasteiger partial charge in [-0.3, -0.25) is 9.69 Å². The number of nitrogens with one attached hydrogen (secondary N) is 1. The maximum atomic E-state index is 13.8. The fourth-order valence-corrected chi connectivity index (χ4v) is 3.77. The Bertz CT molecular complexity index is 705. The Morgan fingerprint density at radius 3 is 3.00 bits per heavy atom. The summed E-state index contributed by atoms with van der Waals surface area (Å²) in [7, 11) is 0. The molecule has 0 spiro atoms. The van der Waals surface area contributed by atoms with Gasteiger partial charge in [0.05, 0.1) is 18.3 Å². The zero-order valence-corrected chi connectivity index (χ0v) is 15.3. The second-order valence-corrected chi connectivity index (χ2v) is 7.53. The fourth-order valence-electron chi connectivity index (χ4n) is 2.87. The molecule has 7 heteroatoms. The van der Waals surface area contributed by atoms with Crippen LogP contribution in [0.15, 0.2) is 35.7 Å². The normalized spacial score (nSPS) is 17.2. The first-order chi connectivity index (χ1) is 12.1. The van der Waals surface area contributed by atoms with Gasteiger partial charge in [-0.25, -0.2) is 4.39 Å². The molecule has 0 unspecified atom stereocenters. The molecular formula is C18H20ClFN2O2S. The van der Waals surface area contributed by atoms with Crippen LogP contribution in [0.2, 0.25) is 5.02 Å². The number of amides is 1. The summed E-state index contributed by atoms with van der Waals surface area (Å²) < 4.78 is 19.5. The van der Waals surface area contributed by atoms with Gasteiger partial charge in [-0.2, -0.15) is 0 Å². The third-order valence-corrected chi connectivity index (χ3v) is 5.11. The van der Waals surface area contributed by atoms with Gasteiger partial charge in [0.2, 0.25) is 5.91 Å². The summed E-state index contributed by atoms with van der Waals surface area (Å²) in [5.74, 6) is -0.791. The van der Waals surface area contributed by atoms with E-state index in [1.165, 1.54) is 17.0 Å². The number of benzene rings is 1. The van der Waals surface area contributed by atoms with Crippen molar-refractivity contribution in [3.63, 3.8) is 0 Å². The van der Waals surface area contributed by atoms with Crippen molar-refractivity contribution >= 4 is 34.5 Å². The van der Waals surface area contributed by atoms with Gasteiger partial charge in [-0.15, -0.1) is 11.3 Å². The zero-order chi connectivity index (χ0) is 17.6. The Kier molecular flexibility index (Phi) is 6.42. The van der Waals surface area contributed by atoms with Crippen molar-refractivity contribution in [1.82, 2.24) is 4.90 Å². The molecule has 2 heterocycles. The minimum atomic E-state index is -0.537. The number of nitrogens with zero attached hydrogens (tertiary/aromatic N) is 1. The largest absolute Gasteiger partial charge is 0.377 e. The molecule has 4 nitrogen and oxygen atoms in total. The molecule has 1 aliphatic rings. The third-order valence-electron chi connectivity index (χ3n) is 4.02. The summed E-state index contributed by atoms with van der Waals surface area (Å²) in [5, 5.41) is 4.94. The van der Waals surface area contributed by atoms with E-state index in [4.69, 9.17) is 16.3 Å². The maximum absolute atomic E-state index is 13.8. The Balaban J connectivity index is 1.62. The van der Waals surface area contributed by atoms with Crippen LogP contribution in [0.25, 0.3) is 0 Å². The van der Waals surface area contributed by atoms with Crippen LogP contribution in [0.1, 0.15) is 17.7 Å². The zero-order valence-electron chi connectivity index (χ0n) is 13.7. The number of rotatable bonds is 7. The molecule has 0 bridgehead atoms. The van der Waals surface area contributed by atoms with Crippen LogP contribution in [-0.4, -0.2) is 36.6 Å². The Labute approximate surface area is 155 Å². The van der Waals surface area contributed by atoms with Crippen molar-refractivity contribution in [3.8, 4) is 0 Å². The highest BCUT2D eigenvalue weighted by Crippen LogP contribution is 2.20. The van der Waals surface area contributed by atoms with Crippen LogP contribution in [0.5, 0.6) is 0 Å². The van der Waals surface area contributed by atoms with Gasteiger partial charge in [0.15, 0.2) is 0 Å². The molecule has 2 aromatic rings. The second-order valence-electron chi connectivity index (χ2n) is 6.06. The van der Waals surface area contributed by atoms with Gasteiger partial charge < -0.3 is 10.1 Å². The van der Waals surface area contributed by atoms with Gasteiger partial charge in [0.1, 0.15) is 5.82 Å². The first kappa shape index (κ1) is 18.3. The van der Waals surface area contributed by atoms with Gasteiger partial charge >= 0.3 is 0 Å². The summed E-state index contributed by atoms with van der Waals surface area (Å²) in [6.07, 6.45) is 2.22. The minimum Gasteiger partial charge on any atom is -0.377 e. The van der Waals surface area contributed by atoms with Gasteiger partial charge in [-0.1, -0.05) is 17.7 Å². The molecular weight excluding hydrogens is 363 g/mol. The molecule has 134 valence electrons. The Morgan fingerprint density at radius 2 is 2.32 bits per heavy atom. The smallest absolute Gasteiger partial charge is 0.238 e. The van der Waals surface area contributed by atoms with Crippen LogP contribution in [0.4, 0.5) is 10.1 Å². The fraction of sp³-hybridized carbons (Fsp3) is 0.389. The number of carbonyl (C=O) groups is 1. The first-order valence-corrected chi connectivity index (χ1v) is 9.47. The van der Waals surface area contributed by atoms with Crippen LogP contribution in [-0.2, 0) is 16.1 Å². The van der Waals surface area contributed by atoms with Crippen molar-refractivity contribution in [1.29, 1.82) is 0 Å². The van der Waals surface area contributed by atoms with E-state index in [0.717, 1.165) is 19.4 Å². The Morgan fingerprint density at radius 1 is 1.44 bits per heavy atom. The lowest BCUT2D eigenvalue weighted by molar-refractivity contribution is -0.117. The molecule has 1 aliphatic heterocycles. The van der Waals surface area contributed by atoms with E-state index in [1.54, 1.807) is 17.4 Å². The predicted octanol–water partition coefficient (Wildman–Crippen LogP) is 4.16. The Hall–Kier alpha value is -1.47. The van der Waals surface area contributed by atoms with Crippen molar-refractivity contribution < 1.29 is 13.9 Å². The quantitative estimate of drug-likeness (QED) is 0.781. The van der Waals surface area contributed by atoms with Crippen molar-refractivity contribution in [2.45, 2.75) is 25.5 Å². The summed E-state index contributed by atoms with van der Waals surface area (Å²) in [6.45, 7) is 2.32. The highest BCUT2D eigenvalue weighted by atomic mass is 35.5.